The molecule has 0 bridgehead atoms. The molecule has 0 saturated carbocycles. The lowest BCUT2D eigenvalue weighted by Gasteiger charge is -2.17. The number of hydrogen-bond donors (Lipinski definition) is 2. The van der Waals surface area contributed by atoms with Gasteiger partial charge in [-0.05, 0) is 43.7 Å². The lowest BCUT2D eigenvalue weighted by atomic mass is 10.2. The molecule has 2 heterocycles. The molecule has 0 radical (unpaired) electrons. The average Bonchev–Trinajstić information content (AvgIpc) is 3.41. The number of anilines is 1. The van der Waals surface area contributed by atoms with Crippen molar-refractivity contribution in [2.24, 2.45) is 4.99 Å². The van der Waals surface area contributed by atoms with Gasteiger partial charge in [0.15, 0.2) is 5.96 Å². The zero-order valence-corrected chi connectivity index (χ0v) is 20.2. The van der Waals surface area contributed by atoms with Crippen LogP contribution in [0.4, 0.5) is 5.69 Å². The number of amides is 1. The van der Waals surface area contributed by atoms with Crippen LogP contribution in [0, 0.1) is 0 Å². The second-order valence-corrected chi connectivity index (χ2v) is 7.52. The molecule has 1 aromatic carbocycles. The smallest absolute Gasteiger partial charge is 0.227 e. The standard InChI is InChI=1S/C22H34N4O3.HI/c1-23-22(25-13-6-15-28-17-19-8-5-16-29-19)24-12-4-10-21(27)26-14-11-18-7-2-3-9-20(18)26;/h2-3,7,9,19H,4-6,8,10-17H2,1H3,(H2,23,24,25);1H. The van der Waals surface area contributed by atoms with Gasteiger partial charge < -0.3 is 25.0 Å². The molecule has 0 aromatic heterocycles. The van der Waals surface area contributed by atoms with E-state index in [4.69, 9.17) is 9.47 Å². The highest BCUT2D eigenvalue weighted by Gasteiger charge is 2.23. The summed E-state index contributed by atoms with van der Waals surface area (Å²) >= 11 is 0. The van der Waals surface area contributed by atoms with Crippen molar-refractivity contribution in [3.05, 3.63) is 29.8 Å². The van der Waals surface area contributed by atoms with Gasteiger partial charge in [-0.2, -0.15) is 0 Å². The molecule has 168 valence electrons. The zero-order valence-electron chi connectivity index (χ0n) is 17.9. The largest absolute Gasteiger partial charge is 0.379 e. The van der Waals surface area contributed by atoms with Crippen molar-refractivity contribution in [1.82, 2.24) is 10.6 Å². The molecule has 0 aliphatic carbocycles. The number of para-hydroxylation sites is 1. The first-order chi connectivity index (χ1) is 14.3. The molecule has 1 fully saturated rings. The summed E-state index contributed by atoms with van der Waals surface area (Å²) in [6.45, 7) is 4.60. The Balaban J connectivity index is 0.00000320. The van der Waals surface area contributed by atoms with E-state index < -0.39 is 0 Å². The van der Waals surface area contributed by atoms with Gasteiger partial charge in [0, 0.05) is 52.0 Å². The Kier molecular flexibility index (Phi) is 11.5. The topological polar surface area (TPSA) is 75.2 Å². The monoisotopic (exact) mass is 530 g/mol. The summed E-state index contributed by atoms with van der Waals surface area (Å²) < 4.78 is 11.2. The maximum absolute atomic E-state index is 12.5. The number of halogens is 1. The number of carbonyl (C=O) groups is 1. The van der Waals surface area contributed by atoms with E-state index in [-0.39, 0.29) is 36.0 Å². The first-order valence-corrected chi connectivity index (χ1v) is 10.8. The van der Waals surface area contributed by atoms with Crippen LogP contribution < -0.4 is 15.5 Å². The van der Waals surface area contributed by atoms with Gasteiger partial charge in [-0.25, -0.2) is 0 Å². The van der Waals surface area contributed by atoms with Gasteiger partial charge in [-0.15, -0.1) is 24.0 Å². The van der Waals surface area contributed by atoms with E-state index in [0.29, 0.717) is 13.0 Å². The molecule has 1 saturated heterocycles. The summed E-state index contributed by atoms with van der Waals surface area (Å²) in [4.78, 5) is 18.7. The molecule has 3 rings (SSSR count). The number of aliphatic imine (C=N–C) groups is 1. The van der Waals surface area contributed by atoms with Crippen molar-refractivity contribution in [3.8, 4) is 0 Å². The van der Waals surface area contributed by atoms with Gasteiger partial charge in [-0.1, -0.05) is 18.2 Å². The normalized spacial score (nSPS) is 18.1. The van der Waals surface area contributed by atoms with Gasteiger partial charge in [0.05, 0.1) is 12.7 Å². The molecule has 2 aliphatic heterocycles. The van der Waals surface area contributed by atoms with E-state index in [1.54, 1.807) is 7.05 Å². The minimum atomic E-state index is 0. The lowest BCUT2D eigenvalue weighted by molar-refractivity contribution is -0.118. The van der Waals surface area contributed by atoms with Gasteiger partial charge in [-0.3, -0.25) is 9.79 Å². The van der Waals surface area contributed by atoms with Crippen LogP contribution in [0.25, 0.3) is 0 Å². The summed E-state index contributed by atoms with van der Waals surface area (Å²) in [6.07, 6.45) is 5.73. The Hall–Kier alpha value is -1.39. The number of rotatable bonds is 10. The predicted octanol–water partition coefficient (Wildman–Crippen LogP) is 2.72. The number of fused-ring (bicyclic) bond motifs is 1. The molecule has 2 N–H and O–H groups in total. The van der Waals surface area contributed by atoms with Crippen LogP contribution in [0.1, 0.15) is 37.7 Å². The number of nitrogens with one attached hydrogen (secondary N) is 2. The Morgan fingerprint density at radius 3 is 2.83 bits per heavy atom. The Labute approximate surface area is 197 Å². The number of guanidine groups is 1. The molecule has 2 aliphatic rings. The Morgan fingerprint density at radius 1 is 1.27 bits per heavy atom. The van der Waals surface area contributed by atoms with Crippen LogP contribution >= 0.6 is 24.0 Å². The third-order valence-electron chi connectivity index (χ3n) is 5.36. The Bertz CT molecular complexity index is 680. The number of hydrogen-bond acceptors (Lipinski definition) is 4. The van der Waals surface area contributed by atoms with Crippen molar-refractivity contribution in [2.75, 3.05) is 51.4 Å². The van der Waals surface area contributed by atoms with Crippen LogP contribution in [-0.2, 0) is 20.7 Å². The third kappa shape index (κ3) is 7.70. The second-order valence-electron chi connectivity index (χ2n) is 7.52. The summed E-state index contributed by atoms with van der Waals surface area (Å²) in [7, 11) is 1.76. The first kappa shape index (κ1) is 24.9. The number of benzene rings is 1. The third-order valence-corrected chi connectivity index (χ3v) is 5.36. The van der Waals surface area contributed by atoms with E-state index >= 15 is 0 Å². The summed E-state index contributed by atoms with van der Waals surface area (Å²) in [5.41, 5.74) is 2.34. The van der Waals surface area contributed by atoms with Crippen molar-refractivity contribution in [2.45, 2.75) is 44.6 Å². The van der Waals surface area contributed by atoms with E-state index in [9.17, 15) is 4.79 Å². The van der Waals surface area contributed by atoms with Crippen molar-refractivity contribution in [1.29, 1.82) is 0 Å². The molecular weight excluding hydrogens is 495 g/mol. The molecule has 1 atom stereocenters. The quantitative estimate of drug-likeness (QED) is 0.211. The molecule has 8 heteroatoms. The molecule has 7 nitrogen and oxygen atoms in total. The van der Waals surface area contributed by atoms with Crippen LogP contribution in [-0.4, -0.2) is 64.5 Å². The molecule has 1 unspecified atom stereocenters. The Morgan fingerprint density at radius 2 is 2.07 bits per heavy atom. The van der Waals surface area contributed by atoms with Crippen LogP contribution in [0.15, 0.2) is 29.3 Å². The van der Waals surface area contributed by atoms with Gasteiger partial charge >= 0.3 is 0 Å². The fraction of sp³-hybridized carbons (Fsp3) is 0.636. The minimum Gasteiger partial charge on any atom is -0.379 e. The van der Waals surface area contributed by atoms with Crippen LogP contribution in [0.5, 0.6) is 0 Å². The van der Waals surface area contributed by atoms with E-state index in [2.05, 4.69) is 21.7 Å². The van der Waals surface area contributed by atoms with E-state index in [1.807, 2.05) is 23.1 Å². The predicted molar refractivity (Wildman–Crippen MR) is 131 cm³/mol. The second kappa shape index (κ2) is 13.8. The van der Waals surface area contributed by atoms with Crippen molar-refractivity contribution < 1.29 is 14.3 Å². The molecule has 1 amide bonds. The average molecular weight is 530 g/mol. The summed E-state index contributed by atoms with van der Waals surface area (Å²) in [5.74, 6) is 0.964. The molecule has 30 heavy (non-hydrogen) atoms. The van der Waals surface area contributed by atoms with E-state index in [0.717, 1.165) is 76.6 Å². The summed E-state index contributed by atoms with van der Waals surface area (Å²) in [5, 5.41) is 6.56. The van der Waals surface area contributed by atoms with Gasteiger partial charge in [0.25, 0.3) is 0 Å². The summed E-state index contributed by atoms with van der Waals surface area (Å²) in [6, 6.07) is 8.17. The number of nitrogens with zero attached hydrogens (tertiary/aromatic N) is 2. The van der Waals surface area contributed by atoms with Crippen molar-refractivity contribution >= 4 is 41.5 Å². The molecule has 0 spiro atoms. The SMILES string of the molecule is CN=C(NCCCOCC1CCCO1)NCCCC(=O)N1CCc2ccccc21.I. The maximum Gasteiger partial charge on any atom is 0.227 e. The van der Waals surface area contributed by atoms with Crippen molar-refractivity contribution in [3.63, 3.8) is 0 Å². The fourth-order valence-corrected chi connectivity index (χ4v) is 3.77. The molecular formula is C22H35IN4O3. The van der Waals surface area contributed by atoms with E-state index in [1.165, 1.54) is 5.56 Å². The fourth-order valence-electron chi connectivity index (χ4n) is 3.77. The van der Waals surface area contributed by atoms with Crippen LogP contribution in [0.2, 0.25) is 0 Å². The maximum atomic E-state index is 12.5. The highest BCUT2D eigenvalue weighted by atomic mass is 127. The minimum absolute atomic E-state index is 0. The zero-order chi connectivity index (χ0) is 20.3. The lowest BCUT2D eigenvalue weighted by Crippen LogP contribution is -2.39. The van der Waals surface area contributed by atoms with Gasteiger partial charge in [0.1, 0.15) is 0 Å². The highest BCUT2D eigenvalue weighted by molar-refractivity contribution is 14.0. The molecule has 1 aromatic rings. The van der Waals surface area contributed by atoms with Crippen LogP contribution in [0.3, 0.4) is 0 Å². The number of ether oxygens (including phenoxy) is 2. The van der Waals surface area contributed by atoms with Gasteiger partial charge in [0.2, 0.25) is 5.91 Å². The number of carbonyl (C=O) groups excluding carboxylic acids is 1. The first-order valence-electron chi connectivity index (χ1n) is 10.8. The highest BCUT2D eigenvalue weighted by Crippen LogP contribution is 2.27.